The van der Waals surface area contributed by atoms with Crippen LogP contribution < -0.4 is 5.73 Å². The van der Waals surface area contributed by atoms with Crippen LogP contribution in [0, 0.1) is 21.4 Å². The van der Waals surface area contributed by atoms with Gasteiger partial charge in [-0.2, -0.15) is 5.26 Å². The molecule has 128 valence electrons. The molecule has 1 heterocycles. The number of anilines is 1. The molecule has 0 unspecified atom stereocenters. The second-order valence-corrected chi connectivity index (χ2v) is 6.34. The number of hydrogen-bond donors (Lipinski definition) is 1. The first-order chi connectivity index (χ1) is 12.5. The highest BCUT2D eigenvalue weighted by molar-refractivity contribution is 7.98. The quantitative estimate of drug-likeness (QED) is 0.416. The number of nitrogen functional groups attached to an aromatic ring is 1. The van der Waals surface area contributed by atoms with E-state index in [0.717, 1.165) is 10.5 Å². The number of nitrogens with zero attached hydrogens (tertiary/aromatic N) is 3. The molecule has 2 N–H and O–H groups in total. The SMILES string of the molecule is CSc1ccc(-c2cc(-c3cccc([N+](=O)[O-])c3)nc(N)c2C#N)cc1. The van der Waals surface area contributed by atoms with E-state index in [9.17, 15) is 15.4 Å². The molecule has 3 rings (SSSR count). The second kappa shape index (κ2) is 7.25. The number of nitro benzene ring substituents is 1. The predicted octanol–water partition coefficient (Wildman–Crippen LogP) is 4.50. The van der Waals surface area contributed by atoms with Crippen LogP contribution >= 0.6 is 11.8 Å². The summed E-state index contributed by atoms with van der Waals surface area (Å²) in [5, 5.41) is 20.5. The number of pyridine rings is 1. The summed E-state index contributed by atoms with van der Waals surface area (Å²) in [5.74, 6) is 0.0976. The van der Waals surface area contributed by atoms with Gasteiger partial charge in [0.1, 0.15) is 17.5 Å². The van der Waals surface area contributed by atoms with Gasteiger partial charge in [-0.05, 0) is 30.0 Å². The van der Waals surface area contributed by atoms with Gasteiger partial charge in [0.25, 0.3) is 5.69 Å². The lowest BCUT2D eigenvalue weighted by atomic mass is 9.98. The fourth-order valence-corrected chi connectivity index (χ4v) is 3.02. The zero-order valence-electron chi connectivity index (χ0n) is 13.8. The lowest BCUT2D eigenvalue weighted by molar-refractivity contribution is -0.384. The lowest BCUT2D eigenvalue weighted by Crippen LogP contribution is -2.00. The highest BCUT2D eigenvalue weighted by Gasteiger charge is 2.15. The van der Waals surface area contributed by atoms with Crippen LogP contribution in [0.25, 0.3) is 22.4 Å². The van der Waals surface area contributed by atoms with Crippen LogP contribution in [0.2, 0.25) is 0 Å². The molecule has 0 aliphatic rings. The van der Waals surface area contributed by atoms with E-state index in [2.05, 4.69) is 11.1 Å². The standard InChI is InChI=1S/C19H14N4O2S/c1-26-15-7-5-12(6-8-15)16-10-18(22-19(21)17(16)11-20)13-3-2-4-14(9-13)23(24)25/h2-10H,1H3,(H2,21,22). The van der Waals surface area contributed by atoms with Crippen molar-refractivity contribution in [2.75, 3.05) is 12.0 Å². The number of rotatable bonds is 4. The summed E-state index contributed by atoms with van der Waals surface area (Å²) in [6, 6.07) is 17.8. The van der Waals surface area contributed by atoms with E-state index in [1.165, 1.54) is 12.1 Å². The summed E-state index contributed by atoms with van der Waals surface area (Å²) < 4.78 is 0. The van der Waals surface area contributed by atoms with Crippen molar-refractivity contribution in [2.24, 2.45) is 0 Å². The van der Waals surface area contributed by atoms with E-state index in [0.29, 0.717) is 16.8 Å². The minimum absolute atomic E-state index is 0.0295. The average Bonchev–Trinajstić information content (AvgIpc) is 2.67. The van der Waals surface area contributed by atoms with Crippen molar-refractivity contribution in [3.05, 3.63) is 70.3 Å². The number of nitrogens with two attached hydrogens (primary N) is 1. The molecule has 0 saturated heterocycles. The summed E-state index contributed by atoms with van der Waals surface area (Å²) in [4.78, 5) is 15.9. The summed E-state index contributed by atoms with van der Waals surface area (Å²) in [7, 11) is 0. The van der Waals surface area contributed by atoms with Crippen LogP contribution in [0.3, 0.4) is 0 Å². The molecule has 6 nitrogen and oxygen atoms in total. The Morgan fingerprint density at radius 1 is 1.15 bits per heavy atom. The van der Waals surface area contributed by atoms with Gasteiger partial charge in [-0.25, -0.2) is 4.98 Å². The number of nitro groups is 1. The second-order valence-electron chi connectivity index (χ2n) is 5.46. The Balaban J connectivity index is 2.17. The van der Waals surface area contributed by atoms with E-state index >= 15 is 0 Å². The topological polar surface area (TPSA) is 106 Å². The number of hydrogen-bond acceptors (Lipinski definition) is 6. The first kappa shape index (κ1) is 17.5. The van der Waals surface area contributed by atoms with Crippen LogP contribution in [0.1, 0.15) is 5.56 Å². The Labute approximate surface area is 154 Å². The van der Waals surface area contributed by atoms with Crippen LogP contribution in [-0.2, 0) is 0 Å². The molecular formula is C19H14N4O2S. The monoisotopic (exact) mass is 362 g/mol. The van der Waals surface area contributed by atoms with E-state index in [-0.39, 0.29) is 17.1 Å². The van der Waals surface area contributed by atoms with Crippen molar-refractivity contribution >= 4 is 23.3 Å². The zero-order valence-corrected chi connectivity index (χ0v) is 14.7. The van der Waals surface area contributed by atoms with E-state index < -0.39 is 4.92 Å². The first-order valence-corrected chi connectivity index (χ1v) is 8.86. The van der Waals surface area contributed by atoms with Gasteiger partial charge in [0.15, 0.2) is 0 Å². The van der Waals surface area contributed by atoms with Crippen LogP contribution in [0.5, 0.6) is 0 Å². The first-order valence-electron chi connectivity index (χ1n) is 7.63. The van der Waals surface area contributed by atoms with Crippen molar-refractivity contribution in [1.29, 1.82) is 5.26 Å². The Hall–Kier alpha value is -3.37. The molecule has 0 radical (unpaired) electrons. The summed E-state index contributed by atoms with van der Waals surface area (Å²) in [6.45, 7) is 0. The van der Waals surface area contributed by atoms with Gasteiger partial charge in [0.05, 0.1) is 10.6 Å². The number of thioether (sulfide) groups is 1. The van der Waals surface area contributed by atoms with Gasteiger partial charge in [-0.1, -0.05) is 24.3 Å². The molecule has 0 aliphatic carbocycles. The Kier molecular flexibility index (Phi) is 4.87. The normalized spacial score (nSPS) is 10.3. The summed E-state index contributed by atoms with van der Waals surface area (Å²) >= 11 is 1.62. The summed E-state index contributed by atoms with van der Waals surface area (Å²) in [6.07, 6.45) is 1.99. The number of nitriles is 1. The Morgan fingerprint density at radius 3 is 2.50 bits per heavy atom. The minimum Gasteiger partial charge on any atom is -0.383 e. The van der Waals surface area contributed by atoms with Crippen LogP contribution in [0.15, 0.2) is 59.5 Å². The Morgan fingerprint density at radius 2 is 1.88 bits per heavy atom. The average molecular weight is 362 g/mol. The zero-order chi connectivity index (χ0) is 18.7. The van der Waals surface area contributed by atoms with Gasteiger partial charge in [-0.15, -0.1) is 11.8 Å². The third kappa shape index (κ3) is 3.36. The highest BCUT2D eigenvalue weighted by atomic mass is 32.2. The van der Waals surface area contributed by atoms with Crippen molar-refractivity contribution in [2.45, 2.75) is 4.90 Å². The molecule has 3 aromatic rings. The van der Waals surface area contributed by atoms with Crippen LogP contribution in [-0.4, -0.2) is 16.2 Å². The van der Waals surface area contributed by atoms with Gasteiger partial charge in [0.2, 0.25) is 0 Å². The molecular weight excluding hydrogens is 348 g/mol. The number of benzene rings is 2. The maximum absolute atomic E-state index is 11.0. The molecule has 0 fully saturated rings. The molecule has 0 amide bonds. The Bertz CT molecular complexity index is 1030. The van der Waals surface area contributed by atoms with Gasteiger partial charge >= 0.3 is 0 Å². The molecule has 0 atom stereocenters. The van der Waals surface area contributed by atoms with Gasteiger partial charge in [-0.3, -0.25) is 10.1 Å². The molecule has 26 heavy (non-hydrogen) atoms. The molecule has 7 heteroatoms. The number of aromatic nitrogens is 1. The third-order valence-electron chi connectivity index (χ3n) is 3.91. The summed E-state index contributed by atoms with van der Waals surface area (Å²) in [5.41, 5.74) is 8.78. The fraction of sp³-hybridized carbons (Fsp3) is 0.0526. The molecule has 0 aliphatic heterocycles. The van der Waals surface area contributed by atoms with E-state index in [4.69, 9.17) is 5.73 Å². The molecule has 0 spiro atoms. The van der Waals surface area contributed by atoms with E-state index in [1.807, 2.05) is 30.5 Å². The third-order valence-corrected chi connectivity index (χ3v) is 4.66. The van der Waals surface area contributed by atoms with Gasteiger partial charge in [0, 0.05) is 28.2 Å². The lowest BCUT2D eigenvalue weighted by Gasteiger charge is -2.10. The molecule has 2 aromatic carbocycles. The fourth-order valence-electron chi connectivity index (χ4n) is 2.61. The molecule has 1 aromatic heterocycles. The number of non-ortho nitro benzene ring substituents is 1. The predicted molar refractivity (Wildman–Crippen MR) is 103 cm³/mol. The van der Waals surface area contributed by atoms with Crippen molar-refractivity contribution < 1.29 is 4.92 Å². The smallest absolute Gasteiger partial charge is 0.270 e. The van der Waals surface area contributed by atoms with Crippen molar-refractivity contribution in [1.82, 2.24) is 4.98 Å². The van der Waals surface area contributed by atoms with E-state index in [1.54, 1.807) is 30.0 Å². The van der Waals surface area contributed by atoms with Crippen LogP contribution in [0.4, 0.5) is 11.5 Å². The van der Waals surface area contributed by atoms with Crippen molar-refractivity contribution in [3.63, 3.8) is 0 Å². The van der Waals surface area contributed by atoms with Crippen molar-refractivity contribution in [3.8, 4) is 28.5 Å². The molecule has 0 saturated carbocycles. The maximum Gasteiger partial charge on any atom is 0.270 e. The maximum atomic E-state index is 11.0. The minimum atomic E-state index is -0.460. The molecule has 0 bridgehead atoms. The largest absolute Gasteiger partial charge is 0.383 e. The van der Waals surface area contributed by atoms with Gasteiger partial charge < -0.3 is 5.73 Å². The highest BCUT2D eigenvalue weighted by Crippen LogP contribution is 2.33.